The van der Waals surface area contributed by atoms with Gasteiger partial charge in [0, 0.05) is 20.2 Å². The molecule has 248 valence electrons. The maximum absolute atomic E-state index is 14.8. The molecule has 4 aromatic rings. The van der Waals surface area contributed by atoms with E-state index in [4.69, 9.17) is 24.7 Å². The number of methoxy groups -OCH3 is 1. The van der Waals surface area contributed by atoms with Crippen LogP contribution in [0.1, 0.15) is 28.7 Å². The molecule has 47 heavy (non-hydrogen) atoms. The standard InChI is InChI=1S/C38H45N3O6/c1-44-20-21-45-28-47-37-35(19-18-29-10-4-2-5-11-29)40(25-31-14-8-16-33(42)22-31)38(43)41(36(37)24-30-12-6-3-7-13-30)26-32-15-9-17-34(23-32)46-27-39/h2-17,22-23,35-37,42H,18-21,24-28,39H2,1H3/t35-,36-,37-/m1/s1. The topological polar surface area (TPSA) is 107 Å². The average molecular weight is 640 g/mol. The van der Waals surface area contributed by atoms with Crippen LogP contribution < -0.4 is 10.5 Å². The Balaban J connectivity index is 1.55. The average Bonchev–Trinajstić information content (AvgIpc) is 3.09. The van der Waals surface area contributed by atoms with Crippen molar-refractivity contribution in [2.45, 2.75) is 50.5 Å². The van der Waals surface area contributed by atoms with Gasteiger partial charge in [0.15, 0.2) is 0 Å². The summed E-state index contributed by atoms with van der Waals surface area (Å²) < 4.78 is 23.3. The molecule has 4 aromatic carbocycles. The van der Waals surface area contributed by atoms with Crippen molar-refractivity contribution in [1.29, 1.82) is 0 Å². The fraction of sp³-hybridized carbons (Fsp3) is 0.342. The lowest BCUT2D eigenvalue weighted by atomic mass is 9.87. The van der Waals surface area contributed by atoms with Crippen molar-refractivity contribution in [1.82, 2.24) is 9.80 Å². The number of hydrogen-bond acceptors (Lipinski definition) is 7. The summed E-state index contributed by atoms with van der Waals surface area (Å²) in [5, 5.41) is 10.3. The first-order valence-electron chi connectivity index (χ1n) is 16.1. The molecule has 1 aliphatic rings. The van der Waals surface area contributed by atoms with Gasteiger partial charge in [-0.1, -0.05) is 84.9 Å². The molecule has 3 atom stereocenters. The van der Waals surface area contributed by atoms with E-state index in [0.29, 0.717) is 44.9 Å². The van der Waals surface area contributed by atoms with Crippen LogP contribution in [0.25, 0.3) is 0 Å². The third kappa shape index (κ3) is 9.56. The molecular formula is C38H45N3O6. The number of nitrogens with two attached hydrogens (primary N) is 1. The van der Waals surface area contributed by atoms with E-state index >= 15 is 0 Å². The number of aromatic hydroxyl groups is 1. The number of phenols is 1. The molecular weight excluding hydrogens is 594 g/mol. The molecule has 5 rings (SSSR count). The molecule has 0 saturated carbocycles. The molecule has 0 unspecified atom stereocenters. The van der Waals surface area contributed by atoms with Crippen molar-refractivity contribution >= 4 is 6.03 Å². The maximum atomic E-state index is 14.8. The summed E-state index contributed by atoms with van der Waals surface area (Å²) in [5.74, 6) is 0.799. The highest BCUT2D eigenvalue weighted by molar-refractivity contribution is 5.77. The van der Waals surface area contributed by atoms with Gasteiger partial charge in [-0.2, -0.15) is 0 Å². The minimum atomic E-state index is -0.403. The number of phenolic OH excluding ortho intramolecular Hbond substituents is 1. The van der Waals surface area contributed by atoms with Gasteiger partial charge >= 0.3 is 6.03 Å². The lowest BCUT2D eigenvalue weighted by Crippen LogP contribution is -2.66. The highest BCUT2D eigenvalue weighted by Gasteiger charge is 2.47. The number of carbonyl (C=O) groups excluding carboxylic acids is 1. The first kappa shape index (κ1) is 33.9. The largest absolute Gasteiger partial charge is 0.508 e. The van der Waals surface area contributed by atoms with E-state index in [1.165, 1.54) is 5.56 Å². The first-order valence-corrected chi connectivity index (χ1v) is 16.1. The van der Waals surface area contributed by atoms with E-state index in [2.05, 4.69) is 24.3 Å². The van der Waals surface area contributed by atoms with Gasteiger partial charge in [0.2, 0.25) is 0 Å². The third-order valence-electron chi connectivity index (χ3n) is 8.45. The predicted molar refractivity (Wildman–Crippen MR) is 181 cm³/mol. The molecule has 0 radical (unpaired) electrons. The Morgan fingerprint density at radius 3 is 2.06 bits per heavy atom. The molecule has 2 amide bonds. The Morgan fingerprint density at radius 1 is 0.745 bits per heavy atom. The zero-order chi connectivity index (χ0) is 32.8. The van der Waals surface area contributed by atoms with E-state index in [1.807, 2.05) is 76.5 Å². The molecule has 0 aromatic heterocycles. The Bertz CT molecular complexity index is 1520. The number of urea groups is 1. The van der Waals surface area contributed by atoms with E-state index in [1.54, 1.807) is 25.3 Å². The van der Waals surface area contributed by atoms with Crippen molar-refractivity contribution in [2.75, 3.05) is 33.8 Å². The van der Waals surface area contributed by atoms with Crippen LogP contribution >= 0.6 is 0 Å². The van der Waals surface area contributed by atoms with Crippen molar-refractivity contribution in [3.8, 4) is 11.5 Å². The molecule has 1 aliphatic heterocycles. The summed E-state index contributed by atoms with van der Waals surface area (Å²) in [6.07, 6.45) is 1.63. The summed E-state index contributed by atoms with van der Waals surface area (Å²) in [7, 11) is 1.64. The second-order valence-electron chi connectivity index (χ2n) is 11.7. The van der Waals surface area contributed by atoms with Crippen LogP contribution in [-0.4, -0.2) is 73.0 Å². The van der Waals surface area contributed by atoms with Crippen LogP contribution in [-0.2, 0) is 40.1 Å². The fourth-order valence-corrected chi connectivity index (χ4v) is 6.22. The number of hydrogen-bond donors (Lipinski definition) is 2. The van der Waals surface area contributed by atoms with Crippen LogP contribution in [0.5, 0.6) is 11.5 Å². The van der Waals surface area contributed by atoms with E-state index in [-0.39, 0.29) is 37.4 Å². The zero-order valence-corrected chi connectivity index (χ0v) is 26.9. The second-order valence-corrected chi connectivity index (χ2v) is 11.7. The maximum Gasteiger partial charge on any atom is 0.321 e. The van der Waals surface area contributed by atoms with Gasteiger partial charge in [-0.05, 0) is 65.8 Å². The molecule has 1 saturated heterocycles. The summed E-state index contributed by atoms with van der Waals surface area (Å²) in [5.41, 5.74) is 9.70. The van der Waals surface area contributed by atoms with Crippen LogP contribution in [0.2, 0.25) is 0 Å². The first-order chi connectivity index (χ1) is 23.1. The van der Waals surface area contributed by atoms with Crippen molar-refractivity contribution in [2.24, 2.45) is 5.73 Å². The van der Waals surface area contributed by atoms with Crippen LogP contribution in [0.4, 0.5) is 4.79 Å². The monoisotopic (exact) mass is 639 g/mol. The van der Waals surface area contributed by atoms with Gasteiger partial charge in [0.25, 0.3) is 0 Å². The number of amides is 2. The van der Waals surface area contributed by atoms with E-state index in [9.17, 15) is 9.90 Å². The highest BCUT2D eigenvalue weighted by atomic mass is 16.7. The normalized spacial score (nSPS) is 18.0. The van der Waals surface area contributed by atoms with Crippen LogP contribution in [0.15, 0.2) is 109 Å². The smallest absolute Gasteiger partial charge is 0.321 e. The summed E-state index contributed by atoms with van der Waals surface area (Å²) in [4.78, 5) is 18.7. The zero-order valence-electron chi connectivity index (χ0n) is 26.9. The number of carbonyl (C=O) groups is 1. The lowest BCUT2D eigenvalue weighted by Gasteiger charge is -2.51. The predicted octanol–water partition coefficient (Wildman–Crippen LogP) is 5.74. The van der Waals surface area contributed by atoms with Crippen molar-refractivity contribution in [3.05, 3.63) is 131 Å². The van der Waals surface area contributed by atoms with E-state index in [0.717, 1.165) is 23.1 Å². The lowest BCUT2D eigenvalue weighted by molar-refractivity contribution is -0.150. The Morgan fingerprint density at radius 2 is 1.38 bits per heavy atom. The molecule has 0 bridgehead atoms. The molecule has 9 nitrogen and oxygen atoms in total. The Hall–Kier alpha value is -4.41. The molecule has 1 heterocycles. The minimum Gasteiger partial charge on any atom is -0.508 e. The SMILES string of the molecule is COCCOCO[C@@H]1[C@@H](CCc2ccccc2)N(Cc2cccc(O)c2)C(=O)N(Cc2cccc(OCN)c2)[C@@H]1Cc1ccccc1. The Kier molecular flexibility index (Phi) is 12.6. The van der Waals surface area contributed by atoms with Gasteiger partial charge in [0.1, 0.15) is 31.1 Å². The fourth-order valence-electron chi connectivity index (χ4n) is 6.22. The minimum absolute atomic E-state index is 0.0580. The van der Waals surface area contributed by atoms with Gasteiger partial charge in [-0.15, -0.1) is 0 Å². The highest BCUT2D eigenvalue weighted by Crippen LogP contribution is 2.33. The molecule has 0 aliphatic carbocycles. The van der Waals surface area contributed by atoms with Crippen molar-refractivity contribution in [3.63, 3.8) is 0 Å². The number of aryl methyl sites for hydroxylation is 1. The summed E-state index contributed by atoms with van der Waals surface area (Å²) in [6, 6.07) is 34.5. The molecule has 9 heteroatoms. The van der Waals surface area contributed by atoms with E-state index < -0.39 is 6.10 Å². The summed E-state index contributed by atoms with van der Waals surface area (Å²) in [6.45, 7) is 1.61. The third-order valence-corrected chi connectivity index (χ3v) is 8.45. The number of nitrogens with zero attached hydrogens (tertiary/aromatic N) is 2. The number of ether oxygens (including phenoxy) is 4. The van der Waals surface area contributed by atoms with Crippen LogP contribution in [0, 0.1) is 0 Å². The summed E-state index contributed by atoms with van der Waals surface area (Å²) >= 11 is 0. The molecule has 0 spiro atoms. The Labute approximate surface area is 277 Å². The number of benzene rings is 4. The number of rotatable bonds is 17. The van der Waals surface area contributed by atoms with Gasteiger partial charge < -0.3 is 33.9 Å². The second kappa shape index (κ2) is 17.5. The molecule has 3 N–H and O–H groups in total. The quantitative estimate of drug-likeness (QED) is 0.112. The van der Waals surface area contributed by atoms with Gasteiger partial charge in [0.05, 0.1) is 25.3 Å². The molecule has 1 fully saturated rings. The van der Waals surface area contributed by atoms with Gasteiger partial charge in [-0.25, -0.2) is 4.79 Å². The van der Waals surface area contributed by atoms with Crippen molar-refractivity contribution < 1.29 is 28.8 Å². The van der Waals surface area contributed by atoms with Crippen LogP contribution in [0.3, 0.4) is 0 Å². The van der Waals surface area contributed by atoms with Gasteiger partial charge in [-0.3, -0.25) is 5.73 Å².